The third-order valence-corrected chi connectivity index (χ3v) is 4.42. The van der Waals surface area contributed by atoms with E-state index in [2.05, 4.69) is 20.6 Å². The van der Waals surface area contributed by atoms with Crippen molar-refractivity contribution >= 4 is 11.8 Å². The fourth-order valence-corrected chi connectivity index (χ4v) is 2.93. The van der Waals surface area contributed by atoms with Crippen LogP contribution in [0.1, 0.15) is 12.2 Å². The molecule has 2 aromatic rings. The highest BCUT2D eigenvalue weighted by Crippen LogP contribution is 2.15. The molecule has 136 valence electrons. The Morgan fingerprint density at radius 1 is 1.31 bits per heavy atom. The lowest BCUT2D eigenvalue weighted by Gasteiger charge is -2.31. The first kappa shape index (κ1) is 18.0. The number of likely N-dealkylation sites (N-methyl/N-ethyl adjacent to an activating group) is 1. The van der Waals surface area contributed by atoms with Crippen molar-refractivity contribution in [3.8, 4) is 11.3 Å². The van der Waals surface area contributed by atoms with Crippen LogP contribution in [0.2, 0.25) is 0 Å². The van der Waals surface area contributed by atoms with Gasteiger partial charge in [-0.2, -0.15) is 0 Å². The van der Waals surface area contributed by atoms with Gasteiger partial charge in [0.1, 0.15) is 5.82 Å². The summed E-state index contributed by atoms with van der Waals surface area (Å²) in [6, 6.07) is 11.4. The average Bonchev–Trinajstić information content (AvgIpc) is 2.66. The van der Waals surface area contributed by atoms with E-state index in [9.17, 15) is 9.59 Å². The van der Waals surface area contributed by atoms with Gasteiger partial charge in [-0.05, 0) is 13.1 Å². The molecule has 3 rings (SSSR count). The lowest BCUT2D eigenvalue weighted by Crippen LogP contribution is -2.55. The molecule has 0 spiro atoms. The molecule has 1 atom stereocenters. The number of carbonyl (C=O) groups is 2. The van der Waals surface area contributed by atoms with Crippen LogP contribution >= 0.6 is 0 Å². The molecule has 0 saturated carbocycles. The third-order valence-electron chi connectivity index (χ3n) is 4.42. The Bertz CT molecular complexity index is 766. The van der Waals surface area contributed by atoms with Crippen molar-refractivity contribution in [1.82, 2.24) is 25.5 Å². The van der Waals surface area contributed by atoms with Crippen LogP contribution in [0.5, 0.6) is 0 Å². The Hall–Kier alpha value is -2.80. The van der Waals surface area contributed by atoms with Gasteiger partial charge in [0.05, 0.1) is 18.2 Å². The van der Waals surface area contributed by atoms with Gasteiger partial charge in [-0.25, -0.2) is 9.97 Å². The number of rotatable bonds is 6. The lowest BCUT2D eigenvalue weighted by molar-refractivity contribution is -0.133. The standard InChI is InChI=1S/C19H23N5O2/c1-24-12-11-22-19(26)16(24)13-18(25)21-10-8-17-20-9-7-15(23-17)14-5-3-2-4-6-14/h2-7,9,16H,8,10-13H2,1H3,(H,21,25)(H,22,26). The topological polar surface area (TPSA) is 87.2 Å². The fourth-order valence-electron chi connectivity index (χ4n) is 2.93. The van der Waals surface area contributed by atoms with Crippen LogP contribution in [0.25, 0.3) is 11.3 Å². The Morgan fingerprint density at radius 2 is 2.12 bits per heavy atom. The maximum Gasteiger partial charge on any atom is 0.237 e. The molecule has 1 aromatic carbocycles. The molecule has 26 heavy (non-hydrogen) atoms. The summed E-state index contributed by atoms with van der Waals surface area (Å²) in [4.78, 5) is 34.7. The van der Waals surface area contributed by atoms with Crippen LogP contribution in [-0.2, 0) is 16.0 Å². The molecule has 0 radical (unpaired) electrons. The van der Waals surface area contributed by atoms with Crippen LogP contribution in [0, 0.1) is 0 Å². The van der Waals surface area contributed by atoms with E-state index in [1.54, 1.807) is 6.20 Å². The number of nitrogens with zero attached hydrogens (tertiary/aromatic N) is 3. The summed E-state index contributed by atoms with van der Waals surface area (Å²) in [5.41, 5.74) is 1.90. The van der Waals surface area contributed by atoms with Crippen LogP contribution in [0.4, 0.5) is 0 Å². The van der Waals surface area contributed by atoms with Crippen LogP contribution in [0.15, 0.2) is 42.6 Å². The first-order valence-electron chi connectivity index (χ1n) is 8.75. The molecule has 2 heterocycles. The van der Waals surface area contributed by atoms with Crippen molar-refractivity contribution in [2.24, 2.45) is 0 Å². The molecule has 1 aliphatic heterocycles. The fraction of sp³-hybridized carbons (Fsp3) is 0.368. The van der Waals surface area contributed by atoms with Gasteiger partial charge in [-0.15, -0.1) is 0 Å². The molecular formula is C19H23N5O2. The normalized spacial score (nSPS) is 17.6. The Kier molecular flexibility index (Phi) is 5.91. The Labute approximate surface area is 152 Å². The summed E-state index contributed by atoms with van der Waals surface area (Å²) in [6.45, 7) is 1.82. The smallest absolute Gasteiger partial charge is 0.237 e. The van der Waals surface area contributed by atoms with E-state index in [0.717, 1.165) is 17.8 Å². The quantitative estimate of drug-likeness (QED) is 0.795. The van der Waals surface area contributed by atoms with Crippen LogP contribution in [0.3, 0.4) is 0 Å². The van der Waals surface area contributed by atoms with Crippen molar-refractivity contribution < 1.29 is 9.59 Å². The largest absolute Gasteiger partial charge is 0.356 e. The highest BCUT2D eigenvalue weighted by molar-refractivity contribution is 5.88. The first-order valence-corrected chi connectivity index (χ1v) is 8.75. The number of piperazine rings is 1. The molecule has 2 N–H and O–H groups in total. The summed E-state index contributed by atoms with van der Waals surface area (Å²) in [6.07, 6.45) is 2.43. The molecule has 2 amide bonds. The third kappa shape index (κ3) is 4.64. The zero-order chi connectivity index (χ0) is 18.4. The summed E-state index contributed by atoms with van der Waals surface area (Å²) in [7, 11) is 1.86. The highest BCUT2D eigenvalue weighted by Gasteiger charge is 2.28. The van der Waals surface area contributed by atoms with Gasteiger partial charge < -0.3 is 10.6 Å². The van der Waals surface area contributed by atoms with Crippen LogP contribution < -0.4 is 10.6 Å². The van der Waals surface area contributed by atoms with E-state index in [1.165, 1.54) is 0 Å². The average molecular weight is 353 g/mol. The Balaban J connectivity index is 1.50. The second kappa shape index (κ2) is 8.53. The summed E-state index contributed by atoms with van der Waals surface area (Å²) in [5, 5.41) is 5.64. The van der Waals surface area contributed by atoms with Gasteiger partial charge >= 0.3 is 0 Å². The number of aromatic nitrogens is 2. The minimum atomic E-state index is -0.401. The lowest BCUT2D eigenvalue weighted by atomic mass is 10.1. The van der Waals surface area contributed by atoms with Gasteiger partial charge in [0.2, 0.25) is 11.8 Å². The molecule has 1 aromatic heterocycles. The maximum atomic E-state index is 12.1. The second-order valence-corrected chi connectivity index (χ2v) is 6.32. The predicted molar refractivity (Wildman–Crippen MR) is 98.2 cm³/mol. The number of amides is 2. The van der Waals surface area contributed by atoms with E-state index < -0.39 is 6.04 Å². The predicted octanol–water partition coefficient (Wildman–Crippen LogP) is 0.623. The molecular weight excluding hydrogens is 330 g/mol. The molecule has 0 bridgehead atoms. The number of benzene rings is 1. The second-order valence-electron chi connectivity index (χ2n) is 6.32. The number of nitrogens with one attached hydrogen (secondary N) is 2. The van der Waals surface area contributed by atoms with Gasteiger partial charge in [0.15, 0.2) is 0 Å². The zero-order valence-corrected chi connectivity index (χ0v) is 14.8. The minimum Gasteiger partial charge on any atom is -0.356 e. The van der Waals surface area contributed by atoms with Crippen molar-refractivity contribution in [1.29, 1.82) is 0 Å². The van der Waals surface area contributed by atoms with Gasteiger partial charge in [-0.3, -0.25) is 14.5 Å². The van der Waals surface area contributed by atoms with Crippen molar-refractivity contribution in [2.75, 3.05) is 26.7 Å². The van der Waals surface area contributed by atoms with E-state index in [-0.39, 0.29) is 18.2 Å². The van der Waals surface area contributed by atoms with E-state index in [0.29, 0.717) is 25.3 Å². The highest BCUT2D eigenvalue weighted by atomic mass is 16.2. The maximum absolute atomic E-state index is 12.1. The first-order chi connectivity index (χ1) is 12.6. The van der Waals surface area contributed by atoms with Gasteiger partial charge in [0, 0.05) is 37.8 Å². The SMILES string of the molecule is CN1CCNC(=O)C1CC(=O)NCCc1nccc(-c2ccccc2)n1. The molecule has 0 aliphatic carbocycles. The van der Waals surface area contributed by atoms with Gasteiger partial charge in [0.25, 0.3) is 0 Å². The molecule has 1 fully saturated rings. The molecule has 7 nitrogen and oxygen atoms in total. The zero-order valence-electron chi connectivity index (χ0n) is 14.8. The van der Waals surface area contributed by atoms with Crippen LogP contribution in [-0.4, -0.2) is 59.4 Å². The summed E-state index contributed by atoms with van der Waals surface area (Å²) in [5.74, 6) is 0.449. The summed E-state index contributed by atoms with van der Waals surface area (Å²) < 4.78 is 0. The molecule has 1 unspecified atom stereocenters. The van der Waals surface area contributed by atoms with E-state index in [4.69, 9.17) is 0 Å². The molecule has 7 heteroatoms. The van der Waals surface area contributed by atoms with Gasteiger partial charge in [-0.1, -0.05) is 30.3 Å². The minimum absolute atomic E-state index is 0.0900. The molecule has 1 saturated heterocycles. The van der Waals surface area contributed by atoms with E-state index in [1.807, 2.05) is 48.3 Å². The number of hydrogen-bond acceptors (Lipinski definition) is 5. The monoisotopic (exact) mass is 353 g/mol. The Morgan fingerprint density at radius 3 is 2.88 bits per heavy atom. The van der Waals surface area contributed by atoms with Crippen molar-refractivity contribution in [3.05, 3.63) is 48.4 Å². The number of hydrogen-bond donors (Lipinski definition) is 2. The number of carbonyl (C=O) groups excluding carboxylic acids is 2. The summed E-state index contributed by atoms with van der Waals surface area (Å²) >= 11 is 0. The van der Waals surface area contributed by atoms with Crippen molar-refractivity contribution in [3.63, 3.8) is 0 Å². The molecule has 1 aliphatic rings. The van der Waals surface area contributed by atoms with Crippen molar-refractivity contribution in [2.45, 2.75) is 18.9 Å². The van der Waals surface area contributed by atoms with E-state index >= 15 is 0 Å².